The van der Waals surface area contributed by atoms with E-state index in [9.17, 15) is 9.36 Å². The van der Waals surface area contributed by atoms with Gasteiger partial charge in [-0.3, -0.25) is 9.36 Å². The molecule has 0 aromatic heterocycles. The lowest BCUT2D eigenvalue weighted by molar-refractivity contribution is 0.103. The van der Waals surface area contributed by atoms with E-state index in [4.69, 9.17) is 9.05 Å². The molecule has 0 saturated carbocycles. The number of rotatable bonds is 7. The molecule has 0 heterocycles. The van der Waals surface area contributed by atoms with E-state index in [1.807, 2.05) is 6.07 Å². The maximum atomic E-state index is 12.3. The fourth-order valence-corrected chi connectivity index (χ4v) is 3.12. The van der Waals surface area contributed by atoms with Crippen molar-refractivity contribution >= 4 is 13.4 Å². The minimum atomic E-state index is -3.33. The Morgan fingerprint density at radius 3 is 2.16 bits per heavy atom. The van der Waals surface area contributed by atoms with E-state index in [2.05, 4.69) is 0 Å². The van der Waals surface area contributed by atoms with Crippen molar-refractivity contribution in [1.29, 1.82) is 0 Å². The summed E-state index contributed by atoms with van der Waals surface area (Å²) in [4.78, 5) is 12.1. The van der Waals surface area contributed by atoms with Crippen molar-refractivity contribution in [3.63, 3.8) is 0 Å². The van der Waals surface area contributed by atoms with Gasteiger partial charge >= 0.3 is 7.60 Å². The van der Waals surface area contributed by atoms with Crippen LogP contribution in [0.25, 0.3) is 0 Å². The molecule has 0 bridgehead atoms. The lowest BCUT2D eigenvalue weighted by Gasteiger charge is -2.13. The van der Waals surface area contributed by atoms with Crippen molar-refractivity contribution in [2.75, 3.05) is 13.2 Å². The predicted molar refractivity (Wildman–Crippen MR) is 75.4 cm³/mol. The highest BCUT2D eigenvalue weighted by Crippen LogP contribution is 2.50. The summed E-state index contributed by atoms with van der Waals surface area (Å²) in [6.45, 7) is 5.60. The first-order chi connectivity index (χ1) is 9.02. The van der Waals surface area contributed by atoms with Gasteiger partial charge in [-0.15, -0.1) is 0 Å². The zero-order valence-electron chi connectivity index (χ0n) is 11.5. The average Bonchev–Trinajstić information content (AvgIpc) is 2.39. The summed E-state index contributed by atoms with van der Waals surface area (Å²) in [7, 11) is -3.33. The lowest BCUT2D eigenvalue weighted by atomic mass is 10.1. The van der Waals surface area contributed by atoms with Gasteiger partial charge in [0.2, 0.25) is 0 Å². The van der Waals surface area contributed by atoms with Gasteiger partial charge in [0.05, 0.1) is 13.2 Å². The number of carbonyl (C=O) groups is 1. The van der Waals surface area contributed by atoms with Gasteiger partial charge in [0, 0.05) is 17.0 Å². The lowest BCUT2D eigenvalue weighted by Crippen LogP contribution is -2.02. The highest BCUT2D eigenvalue weighted by molar-refractivity contribution is 7.57. The summed E-state index contributed by atoms with van der Waals surface area (Å²) in [6.07, 6.45) is 0. The molecule has 0 radical (unpaired) electrons. The number of hydrogen-bond acceptors (Lipinski definition) is 4. The number of benzene rings is 1. The second-order valence-electron chi connectivity index (χ2n) is 3.88. The number of carbonyl (C=O) groups excluding carboxylic acids is 1. The SMILES string of the molecule is CCOP(=O)(/C=C(\C)C(=O)c1ccccc1)OCC. The number of Topliss-reactive ketones (excluding diaryl/α,β-unsaturated/α-hetero) is 1. The van der Waals surface area contributed by atoms with Crippen molar-refractivity contribution in [2.45, 2.75) is 20.8 Å². The van der Waals surface area contributed by atoms with Gasteiger partial charge in [-0.2, -0.15) is 0 Å². The molecule has 0 unspecified atom stereocenters. The molecule has 0 fully saturated rings. The summed E-state index contributed by atoms with van der Waals surface area (Å²) in [5.74, 6) is 1.12. The molecule has 19 heavy (non-hydrogen) atoms. The van der Waals surface area contributed by atoms with Gasteiger partial charge in [-0.1, -0.05) is 30.3 Å². The first-order valence-electron chi connectivity index (χ1n) is 6.20. The Bertz CT molecular complexity index is 483. The second kappa shape index (κ2) is 7.39. The fourth-order valence-electron chi connectivity index (χ4n) is 1.58. The molecule has 0 atom stereocenters. The quantitative estimate of drug-likeness (QED) is 0.430. The van der Waals surface area contributed by atoms with Crippen LogP contribution in [0, 0.1) is 0 Å². The molecule has 0 aliphatic rings. The Morgan fingerprint density at radius 1 is 1.16 bits per heavy atom. The van der Waals surface area contributed by atoms with Crippen LogP contribution in [0.15, 0.2) is 41.7 Å². The van der Waals surface area contributed by atoms with Crippen molar-refractivity contribution < 1.29 is 18.4 Å². The summed E-state index contributed by atoms with van der Waals surface area (Å²) < 4.78 is 22.5. The monoisotopic (exact) mass is 282 g/mol. The Kier molecular flexibility index (Phi) is 6.16. The molecule has 0 amide bonds. The van der Waals surface area contributed by atoms with E-state index >= 15 is 0 Å². The summed E-state index contributed by atoms with van der Waals surface area (Å²) >= 11 is 0. The maximum Gasteiger partial charge on any atom is 0.354 e. The Morgan fingerprint density at radius 2 is 1.68 bits per heavy atom. The molecular weight excluding hydrogens is 263 g/mol. The molecule has 1 aromatic carbocycles. The zero-order chi connectivity index (χ0) is 14.3. The van der Waals surface area contributed by atoms with Crippen LogP contribution in [0.5, 0.6) is 0 Å². The topological polar surface area (TPSA) is 52.6 Å². The molecule has 4 nitrogen and oxygen atoms in total. The Hall–Kier alpha value is -1.22. The zero-order valence-corrected chi connectivity index (χ0v) is 12.4. The largest absolute Gasteiger partial charge is 0.354 e. The van der Waals surface area contributed by atoms with Crippen LogP contribution >= 0.6 is 7.60 Å². The molecule has 1 aromatic rings. The van der Waals surface area contributed by atoms with Crippen LogP contribution in [0.4, 0.5) is 0 Å². The molecule has 104 valence electrons. The second-order valence-corrected chi connectivity index (χ2v) is 5.74. The highest BCUT2D eigenvalue weighted by atomic mass is 31.2. The first kappa shape index (κ1) is 15.8. The van der Waals surface area contributed by atoms with Gasteiger partial charge in [-0.25, -0.2) is 0 Å². The van der Waals surface area contributed by atoms with E-state index in [1.165, 1.54) is 5.82 Å². The van der Waals surface area contributed by atoms with Crippen molar-refractivity contribution in [3.8, 4) is 0 Å². The van der Waals surface area contributed by atoms with Crippen molar-refractivity contribution in [1.82, 2.24) is 0 Å². The first-order valence-corrected chi connectivity index (χ1v) is 7.81. The van der Waals surface area contributed by atoms with Gasteiger partial charge in [0.25, 0.3) is 0 Å². The molecule has 0 saturated heterocycles. The molecule has 5 heteroatoms. The third-order valence-corrected chi connectivity index (χ3v) is 4.30. The molecular formula is C14H19O4P. The van der Waals surface area contributed by atoms with E-state index in [-0.39, 0.29) is 19.0 Å². The summed E-state index contributed by atoms with van der Waals surface area (Å²) in [6, 6.07) is 8.83. The van der Waals surface area contributed by atoms with Crippen molar-refractivity contribution in [2.24, 2.45) is 0 Å². The van der Waals surface area contributed by atoms with Gasteiger partial charge in [0.15, 0.2) is 5.78 Å². The van der Waals surface area contributed by atoms with Crippen LogP contribution in [0.1, 0.15) is 31.1 Å². The fraction of sp³-hybridized carbons (Fsp3) is 0.357. The average molecular weight is 282 g/mol. The van der Waals surface area contributed by atoms with Crippen molar-refractivity contribution in [3.05, 3.63) is 47.3 Å². The van der Waals surface area contributed by atoms with Crippen LogP contribution in [-0.2, 0) is 13.6 Å². The normalized spacial score (nSPS) is 12.5. The predicted octanol–water partition coefficient (Wildman–Crippen LogP) is 4.04. The van der Waals surface area contributed by atoms with E-state index in [0.29, 0.717) is 11.1 Å². The minimum absolute atomic E-state index is 0.180. The molecule has 0 aliphatic carbocycles. The highest BCUT2D eigenvalue weighted by Gasteiger charge is 2.22. The molecule has 0 spiro atoms. The van der Waals surface area contributed by atoms with Crippen LogP contribution < -0.4 is 0 Å². The smallest absolute Gasteiger partial charge is 0.306 e. The van der Waals surface area contributed by atoms with E-state index in [0.717, 1.165) is 0 Å². The standard InChI is InChI=1S/C14H19O4P/c1-4-17-19(16,18-5-2)11-12(3)14(15)13-9-7-6-8-10-13/h6-11H,4-5H2,1-3H3/b12-11+. The van der Waals surface area contributed by atoms with Gasteiger partial charge in [0.1, 0.15) is 0 Å². The summed E-state index contributed by atoms with van der Waals surface area (Å²) in [5.41, 5.74) is 0.909. The molecule has 0 aliphatic heterocycles. The molecule has 0 N–H and O–H groups in total. The van der Waals surface area contributed by atoms with Gasteiger partial charge in [-0.05, 0) is 20.8 Å². The van der Waals surface area contributed by atoms with Crippen LogP contribution in [0.2, 0.25) is 0 Å². The third-order valence-electron chi connectivity index (χ3n) is 2.36. The van der Waals surface area contributed by atoms with Gasteiger partial charge < -0.3 is 9.05 Å². The minimum Gasteiger partial charge on any atom is -0.306 e. The number of hydrogen-bond donors (Lipinski definition) is 0. The number of ketones is 1. The Balaban J connectivity index is 2.97. The Labute approximate surface area is 114 Å². The maximum absolute atomic E-state index is 12.3. The van der Waals surface area contributed by atoms with E-state index < -0.39 is 7.60 Å². The number of allylic oxidation sites excluding steroid dienone is 1. The van der Waals surface area contributed by atoms with Crippen LogP contribution in [-0.4, -0.2) is 19.0 Å². The van der Waals surface area contributed by atoms with Crippen LogP contribution in [0.3, 0.4) is 0 Å². The van der Waals surface area contributed by atoms with E-state index in [1.54, 1.807) is 45.0 Å². The summed E-state index contributed by atoms with van der Waals surface area (Å²) in [5, 5.41) is 0. The molecule has 1 rings (SSSR count). The third kappa shape index (κ3) is 4.75.